The van der Waals surface area contributed by atoms with Gasteiger partial charge in [0.25, 0.3) is 0 Å². The SMILES string of the molecule is CCC1CCCCN1CCCNC(=O)CS(=O)(=O)Cc1nc(-c2cccc(OC)c2)[nH]c1C. The van der Waals surface area contributed by atoms with Gasteiger partial charge in [0.2, 0.25) is 5.91 Å². The highest BCUT2D eigenvalue weighted by Gasteiger charge is 2.22. The molecule has 1 saturated heterocycles. The number of aryl methyl sites for hydroxylation is 1. The number of carbonyl (C=O) groups is 1. The number of aromatic nitrogens is 2. The van der Waals surface area contributed by atoms with Crippen molar-refractivity contribution in [1.29, 1.82) is 0 Å². The largest absolute Gasteiger partial charge is 0.497 e. The number of nitrogens with one attached hydrogen (secondary N) is 2. The van der Waals surface area contributed by atoms with Gasteiger partial charge in [-0.3, -0.25) is 4.79 Å². The lowest BCUT2D eigenvalue weighted by Gasteiger charge is -2.35. The Morgan fingerprint density at radius 2 is 2.15 bits per heavy atom. The van der Waals surface area contributed by atoms with Gasteiger partial charge < -0.3 is 19.9 Å². The number of carbonyl (C=O) groups excluding carboxylic acids is 1. The van der Waals surface area contributed by atoms with Crippen LogP contribution in [0.4, 0.5) is 0 Å². The third-order valence-electron chi connectivity index (χ3n) is 6.20. The second-order valence-corrected chi connectivity index (χ2v) is 10.8. The highest BCUT2D eigenvalue weighted by atomic mass is 32.2. The minimum absolute atomic E-state index is 0.279. The highest BCUT2D eigenvalue weighted by Crippen LogP contribution is 2.23. The van der Waals surface area contributed by atoms with Gasteiger partial charge in [-0.1, -0.05) is 25.5 Å². The lowest BCUT2D eigenvalue weighted by Crippen LogP contribution is -2.41. The molecule has 2 N–H and O–H groups in total. The van der Waals surface area contributed by atoms with Gasteiger partial charge in [-0.05, 0) is 51.3 Å². The summed E-state index contributed by atoms with van der Waals surface area (Å²) < 4.78 is 30.5. The molecule has 1 atom stereocenters. The summed E-state index contributed by atoms with van der Waals surface area (Å²) in [6.45, 7) is 6.54. The van der Waals surface area contributed by atoms with Crippen molar-refractivity contribution in [2.75, 3.05) is 32.5 Å². The van der Waals surface area contributed by atoms with E-state index in [2.05, 4.69) is 27.1 Å². The molecule has 0 bridgehead atoms. The lowest BCUT2D eigenvalue weighted by molar-refractivity contribution is -0.118. The zero-order chi connectivity index (χ0) is 23.8. The number of hydrogen-bond acceptors (Lipinski definition) is 6. The maximum absolute atomic E-state index is 12.6. The predicted octanol–water partition coefficient (Wildman–Crippen LogP) is 3.08. The van der Waals surface area contributed by atoms with E-state index in [1.807, 2.05) is 24.3 Å². The van der Waals surface area contributed by atoms with Crippen molar-refractivity contribution in [2.24, 2.45) is 0 Å². The Hall–Kier alpha value is -2.39. The van der Waals surface area contributed by atoms with Crippen molar-refractivity contribution in [3.05, 3.63) is 35.7 Å². The summed E-state index contributed by atoms with van der Waals surface area (Å²) in [7, 11) is -2.05. The standard InChI is InChI=1S/C24H36N4O4S/c1-4-20-10-5-6-13-28(20)14-8-12-25-23(29)17-33(30,31)16-22-18(2)26-24(27-22)19-9-7-11-21(15-19)32-3/h7,9,11,15,20H,4-6,8,10,12-14,16-17H2,1-3H3,(H,25,29)(H,26,27). The molecule has 1 unspecified atom stereocenters. The number of ether oxygens (including phenoxy) is 1. The number of amides is 1. The van der Waals surface area contributed by atoms with Crippen LogP contribution in [0, 0.1) is 6.92 Å². The third kappa shape index (κ3) is 7.30. The lowest BCUT2D eigenvalue weighted by atomic mass is 10.00. The van der Waals surface area contributed by atoms with E-state index < -0.39 is 21.5 Å². The fourth-order valence-corrected chi connectivity index (χ4v) is 5.68. The summed E-state index contributed by atoms with van der Waals surface area (Å²) in [5.41, 5.74) is 1.90. The first kappa shape index (κ1) is 25.2. The molecule has 0 spiro atoms. The van der Waals surface area contributed by atoms with Crippen LogP contribution in [0.5, 0.6) is 5.75 Å². The van der Waals surface area contributed by atoms with E-state index in [0.29, 0.717) is 35.5 Å². The smallest absolute Gasteiger partial charge is 0.235 e. The first-order valence-corrected chi connectivity index (χ1v) is 13.5. The molecule has 1 aromatic carbocycles. The number of methoxy groups -OCH3 is 1. The van der Waals surface area contributed by atoms with Crippen LogP contribution in [0.1, 0.15) is 50.4 Å². The van der Waals surface area contributed by atoms with Gasteiger partial charge in [-0.2, -0.15) is 0 Å². The fourth-order valence-electron chi connectivity index (χ4n) is 4.38. The monoisotopic (exact) mass is 476 g/mol. The van der Waals surface area contributed by atoms with Crippen LogP contribution in [-0.2, 0) is 20.4 Å². The van der Waals surface area contributed by atoms with E-state index in [-0.39, 0.29) is 5.75 Å². The Morgan fingerprint density at radius 1 is 1.33 bits per heavy atom. The van der Waals surface area contributed by atoms with Crippen LogP contribution in [0.2, 0.25) is 0 Å². The summed E-state index contributed by atoms with van der Waals surface area (Å²) in [6, 6.07) is 8.02. The van der Waals surface area contributed by atoms with Gasteiger partial charge in [0, 0.05) is 30.4 Å². The molecule has 0 radical (unpaired) electrons. The van der Waals surface area contributed by atoms with E-state index in [0.717, 1.165) is 31.5 Å². The molecule has 1 aromatic heterocycles. The number of likely N-dealkylation sites (tertiary alicyclic amines) is 1. The number of H-pyrrole nitrogens is 1. The van der Waals surface area contributed by atoms with Crippen molar-refractivity contribution in [3.63, 3.8) is 0 Å². The summed E-state index contributed by atoms with van der Waals surface area (Å²) in [5.74, 6) is -0.00253. The van der Waals surface area contributed by atoms with E-state index in [9.17, 15) is 13.2 Å². The Morgan fingerprint density at radius 3 is 2.91 bits per heavy atom. The first-order valence-electron chi connectivity index (χ1n) is 11.7. The number of aromatic amines is 1. The van der Waals surface area contributed by atoms with Crippen molar-refractivity contribution in [3.8, 4) is 17.1 Å². The number of rotatable bonds is 11. The molecule has 2 heterocycles. The maximum Gasteiger partial charge on any atom is 0.235 e. The summed E-state index contributed by atoms with van der Waals surface area (Å²) in [4.78, 5) is 22.3. The Kier molecular flexibility index (Phi) is 8.91. The molecular formula is C24H36N4O4S. The van der Waals surface area contributed by atoms with E-state index in [4.69, 9.17) is 4.74 Å². The Bertz CT molecular complexity index is 1030. The molecule has 33 heavy (non-hydrogen) atoms. The average Bonchev–Trinajstić information content (AvgIpc) is 3.16. The van der Waals surface area contributed by atoms with Gasteiger partial charge in [-0.15, -0.1) is 0 Å². The second kappa shape index (κ2) is 11.7. The third-order valence-corrected chi connectivity index (χ3v) is 7.62. The van der Waals surface area contributed by atoms with Crippen LogP contribution < -0.4 is 10.1 Å². The van der Waals surface area contributed by atoms with E-state index in [1.54, 1.807) is 14.0 Å². The molecule has 8 nitrogen and oxygen atoms in total. The molecule has 3 rings (SSSR count). The van der Waals surface area contributed by atoms with Gasteiger partial charge in [0.1, 0.15) is 17.3 Å². The zero-order valence-corrected chi connectivity index (χ0v) is 20.7. The van der Waals surface area contributed by atoms with Gasteiger partial charge in [0.15, 0.2) is 9.84 Å². The maximum atomic E-state index is 12.6. The van der Waals surface area contributed by atoms with Crippen molar-refractivity contribution < 1.29 is 17.9 Å². The van der Waals surface area contributed by atoms with Crippen LogP contribution in [0.3, 0.4) is 0 Å². The molecular weight excluding hydrogens is 440 g/mol. The van der Waals surface area contributed by atoms with E-state index in [1.165, 1.54) is 19.3 Å². The summed E-state index contributed by atoms with van der Waals surface area (Å²) in [5, 5.41) is 2.77. The van der Waals surface area contributed by atoms with Gasteiger partial charge in [0.05, 0.1) is 18.6 Å². The van der Waals surface area contributed by atoms with Crippen molar-refractivity contribution in [2.45, 2.75) is 57.7 Å². The summed E-state index contributed by atoms with van der Waals surface area (Å²) >= 11 is 0. The summed E-state index contributed by atoms with van der Waals surface area (Å²) in [6.07, 6.45) is 5.74. The molecule has 0 aliphatic carbocycles. The minimum Gasteiger partial charge on any atom is -0.497 e. The molecule has 0 saturated carbocycles. The van der Waals surface area contributed by atoms with Crippen LogP contribution in [0.25, 0.3) is 11.4 Å². The first-order chi connectivity index (χ1) is 15.8. The number of sulfone groups is 1. The fraction of sp³-hybridized carbons (Fsp3) is 0.583. The van der Waals surface area contributed by atoms with Crippen molar-refractivity contribution >= 4 is 15.7 Å². The quantitative estimate of drug-likeness (QED) is 0.483. The minimum atomic E-state index is -3.64. The molecule has 1 aliphatic rings. The molecule has 1 amide bonds. The van der Waals surface area contributed by atoms with E-state index >= 15 is 0 Å². The predicted molar refractivity (Wildman–Crippen MR) is 130 cm³/mol. The number of imidazole rings is 1. The molecule has 1 fully saturated rings. The Labute approximate surface area is 197 Å². The van der Waals surface area contributed by atoms with Gasteiger partial charge in [-0.25, -0.2) is 13.4 Å². The number of benzene rings is 1. The normalized spacial score (nSPS) is 17.1. The molecule has 182 valence electrons. The number of nitrogens with zero attached hydrogens (tertiary/aromatic N) is 2. The van der Waals surface area contributed by atoms with Crippen LogP contribution in [0.15, 0.2) is 24.3 Å². The topological polar surface area (TPSA) is 104 Å². The zero-order valence-electron chi connectivity index (χ0n) is 19.9. The number of piperidine rings is 1. The van der Waals surface area contributed by atoms with Gasteiger partial charge >= 0.3 is 0 Å². The number of hydrogen-bond donors (Lipinski definition) is 2. The van der Waals surface area contributed by atoms with Crippen molar-refractivity contribution in [1.82, 2.24) is 20.2 Å². The van der Waals surface area contributed by atoms with Crippen LogP contribution >= 0.6 is 0 Å². The Balaban J connectivity index is 1.49. The molecule has 9 heteroatoms. The molecule has 1 aliphatic heterocycles. The molecule has 2 aromatic rings. The van der Waals surface area contributed by atoms with Crippen LogP contribution in [-0.4, -0.2) is 67.7 Å². The second-order valence-electron chi connectivity index (χ2n) is 8.72. The average molecular weight is 477 g/mol. The highest BCUT2D eigenvalue weighted by molar-refractivity contribution is 7.91.